The van der Waals surface area contributed by atoms with Gasteiger partial charge in [0, 0.05) is 17.4 Å². The SMILES string of the molecule is CCC1CSC(c2ccc(C(F)F)cc2)N1. The van der Waals surface area contributed by atoms with E-state index in [4.69, 9.17) is 0 Å². The Labute approximate surface area is 98.6 Å². The van der Waals surface area contributed by atoms with Crippen molar-refractivity contribution in [2.45, 2.75) is 31.2 Å². The lowest BCUT2D eigenvalue weighted by molar-refractivity contribution is 0.151. The van der Waals surface area contributed by atoms with Crippen LogP contribution in [-0.4, -0.2) is 11.8 Å². The van der Waals surface area contributed by atoms with Crippen LogP contribution in [0.4, 0.5) is 8.78 Å². The van der Waals surface area contributed by atoms with Crippen LogP contribution in [0, 0.1) is 0 Å². The minimum Gasteiger partial charge on any atom is -0.298 e. The zero-order chi connectivity index (χ0) is 11.5. The zero-order valence-corrected chi connectivity index (χ0v) is 9.94. The second kappa shape index (κ2) is 5.15. The Balaban J connectivity index is 2.05. The van der Waals surface area contributed by atoms with Crippen LogP contribution >= 0.6 is 11.8 Å². The fourth-order valence-corrected chi connectivity index (χ4v) is 3.16. The number of halogens is 2. The Morgan fingerprint density at radius 3 is 2.56 bits per heavy atom. The number of benzene rings is 1. The highest BCUT2D eigenvalue weighted by molar-refractivity contribution is 7.99. The minimum absolute atomic E-state index is 0.0961. The van der Waals surface area contributed by atoms with Gasteiger partial charge in [0.1, 0.15) is 0 Å². The van der Waals surface area contributed by atoms with E-state index in [1.807, 2.05) is 11.8 Å². The summed E-state index contributed by atoms with van der Waals surface area (Å²) in [6, 6.07) is 7.17. The Morgan fingerprint density at radius 2 is 2.06 bits per heavy atom. The molecule has 1 nitrogen and oxygen atoms in total. The topological polar surface area (TPSA) is 12.0 Å². The largest absolute Gasteiger partial charge is 0.298 e. The molecular weight excluding hydrogens is 228 g/mol. The molecule has 2 unspecified atom stereocenters. The van der Waals surface area contributed by atoms with Crippen LogP contribution < -0.4 is 5.32 Å². The molecule has 1 aromatic rings. The van der Waals surface area contributed by atoms with Crippen molar-refractivity contribution in [3.63, 3.8) is 0 Å². The van der Waals surface area contributed by atoms with Crippen molar-refractivity contribution in [2.75, 3.05) is 5.75 Å². The molecule has 1 fully saturated rings. The number of hydrogen-bond donors (Lipinski definition) is 1. The first kappa shape index (κ1) is 11.9. The van der Waals surface area contributed by atoms with Gasteiger partial charge in [0.25, 0.3) is 6.43 Å². The van der Waals surface area contributed by atoms with Crippen molar-refractivity contribution in [3.05, 3.63) is 35.4 Å². The van der Waals surface area contributed by atoms with Crippen molar-refractivity contribution >= 4 is 11.8 Å². The third-order valence-corrected chi connectivity index (χ3v) is 4.17. The summed E-state index contributed by atoms with van der Waals surface area (Å²) in [5, 5.41) is 3.74. The highest BCUT2D eigenvalue weighted by Gasteiger charge is 2.24. The molecule has 1 heterocycles. The maximum Gasteiger partial charge on any atom is 0.263 e. The molecule has 0 bridgehead atoms. The average molecular weight is 243 g/mol. The monoisotopic (exact) mass is 243 g/mol. The fourth-order valence-electron chi connectivity index (χ4n) is 1.77. The third kappa shape index (κ3) is 2.55. The Kier molecular flexibility index (Phi) is 3.82. The summed E-state index contributed by atoms with van der Waals surface area (Å²) in [5.74, 6) is 1.10. The smallest absolute Gasteiger partial charge is 0.263 e. The molecule has 0 amide bonds. The van der Waals surface area contributed by atoms with Crippen LogP contribution in [0.15, 0.2) is 24.3 Å². The summed E-state index contributed by atoms with van der Waals surface area (Å²) in [7, 11) is 0. The lowest BCUT2D eigenvalue weighted by Crippen LogP contribution is -2.24. The lowest BCUT2D eigenvalue weighted by Gasteiger charge is -2.12. The maximum absolute atomic E-state index is 12.4. The van der Waals surface area contributed by atoms with Gasteiger partial charge < -0.3 is 0 Å². The molecule has 2 rings (SSSR count). The second-order valence-corrected chi connectivity index (χ2v) is 5.09. The molecule has 1 aliphatic rings. The van der Waals surface area contributed by atoms with Gasteiger partial charge in [-0.25, -0.2) is 8.78 Å². The summed E-state index contributed by atoms with van der Waals surface area (Å²) in [6.45, 7) is 2.15. The van der Waals surface area contributed by atoms with Crippen molar-refractivity contribution in [2.24, 2.45) is 0 Å². The standard InChI is InChI=1S/C12H15F2NS/c1-2-10-7-16-12(15-10)9-5-3-8(4-6-9)11(13)14/h3-6,10-12,15H,2,7H2,1H3. The molecule has 0 aliphatic carbocycles. The molecule has 1 saturated heterocycles. The Bertz CT molecular complexity index is 339. The number of hydrogen-bond acceptors (Lipinski definition) is 2. The van der Waals surface area contributed by atoms with Gasteiger partial charge in [-0.3, -0.25) is 5.32 Å². The molecule has 16 heavy (non-hydrogen) atoms. The van der Waals surface area contributed by atoms with E-state index in [2.05, 4.69) is 12.2 Å². The summed E-state index contributed by atoms with van der Waals surface area (Å²) in [6.07, 6.45) is -1.26. The van der Waals surface area contributed by atoms with Gasteiger partial charge >= 0.3 is 0 Å². The second-order valence-electron chi connectivity index (χ2n) is 3.95. The van der Waals surface area contributed by atoms with Crippen LogP contribution in [0.1, 0.15) is 36.3 Å². The van der Waals surface area contributed by atoms with Crippen molar-refractivity contribution in [3.8, 4) is 0 Å². The van der Waals surface area contributed by atoms with Gasteiger partial charge in [0.15, 0.2) is 0 Å². The number of rotatable bonds is 3. The van der Waals surface area contributed by atoms with Crippen LogP contribution in [-0.2, 0) is 0 Å². The first-order valence-corrected chi connectivity index (χ1v) is 6.51. The molecule has 4 heteroatoms. The van der Waals surface area contributed by atoms with Gasteiger partial charge in [-0.1, -0.05) is 31.2 Å². The van der Waals surface area contributed by atoms with E-state index in [0.717, 1.165) is 17.7 Å². The first-order chi connectivity index (χ1) is 7.70. The first-order valence-electron chi connectivity index (χ1n) is 5.46. The van der Waals surface area contributed by atoms with E-state index >= 15 is 0 Å². The third-order valence-electron chi connectivity index (χ3n) is 2.84. The zero-order valence-electron chi connectivity index (χ0n) is 9.12. The predicted octanol–water partition coefficient (Wildman–Crippen LogP) is 3.74. The molecule has 88 valence electrons. The van der Waals surface area contributed by atoms with Crippen LogP contribution in [0.5, 0.6) is 0 Å². The van der Waals surface area contributed by atoms with E-state index in [1.165, 1.54) is 12.1 Å². The van der Waals surface area contributed by atoms with Gasteiger partial charge in [0.05, 0.1) is 5.37 Å². The summed E-state index contributed by atoms with van der Waals surface area (Å²) < 4.78 is 24.7. The van der Waals surface area contributed by atoms with Crippen LogP contribution in [0.3, 0.4) is 0 Å². The maximum atomic E-state index is 12.4. The fraction of sp³-hybridized carbons (Fsp3) is 0.500. The van der Waals surface area contributed by atoms with Gasteiger partial charge in [-0.05, 0) is 12.0 Å². The van der Waals surface area contributed by atoms with E-state index in [-0.39, 0.29) is 10.9 Å². The molecular formula is C12H15F2NS. The van der Waals surface area contributed by atoms with Crippen molar-refractivity contribution in [1.29, 1.82) is 0 Å². The predicted molar refractivity (Wildman–Crippen MR) is 63.8 cm³/mol. The molecule has 2 atom stereocenters. The summed E-state index contributed by atoms with van der Waals surface area (Å²) in [5.41, 5.74) is 1.18. The summed E-state index contributed by atoms with van der Waals surface area (Å²) >= 11 is 1.84. The molecule has 0 saturated carbocycles. The summed E-state index contributed by atoms with van der Waals surface area (Å²) in [4.78, 5) is 0. The molecule has 1 aliphatic heterocycles. The van der Waals surface area contributed by atoms with Gasteiger partial charge in [0.2, 0.25) is 0 Å². The van der Waals surface area contributed by atoms with Crippen molar-refractivity contribution < 1.29 is 8.78 Å². The van der Waals surface area contributed by atoms with E-state index in [0.29, 0.717) is 6.04 Å². The molecule has 0 aromatic heterocycles. The number of thioether (sulfide) groups is 1. The van der Waals surface area contributed by atoms with Gasteiger partial charge in [-0.2, -0.15) is 0 Å². The van der Waals surface area contributed by atoms with Crippen LogP contribution in [0.25, 0.3) is 0 Å². The Morgan fingerprint density at radius 1 is 1.38 bits per heavy atom. The minimum atomic E-state index is -2.37. The van der Waals surface area contributed by atoms with Gasteiger partial charge in [-0.15, -0.1) is 11.8 Å². The lowest BCUT2D eigenvalue weighted by atomic mass is 10.1. The number of alkyl halides is 2. The highest BCUT2D eigenvalue weighted by Crippen LogP contribution is 2.34. The van der Waals surface area contributed by atoms with E-state index in [1.54, 1.807) is 12.1 Å². The molecule has 1 aromatic carbocycles. The Hall–Kier alpha value is -0.610. The van der Waals surface area contributed by atoms with E-state index in [9.17, 15) is 8.78 Å². The normalized spacial score (nSPS) is 25.2. The van der Waals surface area contributed by atoms with E-state index < -0.39 is 6.43 Å². The average Bonchev–Trinajstić information content (AvgIpc) is 2.77. The molecule has 1 N–H and O–H groups in total. The molecule has 0 spiro atoms. The quantitative estimate of drug-likeness (QED) is 0.868. The molecule has 0 radical (unpaired) electrons. The number of nitrogens with one attached hydrogen (secondary N) is 1. The van der Waals surface area contributed by atoms with Crippen LogP contribution in [0.2, 0.25) is 0 Å². The van der Waals surface area contributed by atoms with Crippen molar-refractivity contribution in [1.82, 2.24) is 5.32 Å². The highest BCUT2D eigenvalue weighted by atomic mass is 32.2.